The summed E-state index contributed by atoms with van der Waals surface area (Å²) in [5, 5.41) is 9.38. The van der Waals surface area contributed by atoms with E-state index in [2.05, 4.69) is 4.76 Å². The second-order valence-electron chi connectivity index (χ2n) is 4.25. The van der Waals surface area contributed by atoms with Gasteiger partial charge in [0.15, 0.2) is 0 Å². The van der Waals surface area contributed by atoms with E-state index in [1.165, 1.54) is 7.05 Å². The monoisotopic (exact) mass is 251 g/mol. The van der Waals surface area contributed by atoms with Gasteiger partial charge in [-0.05, 0) is 0 Å². The van der Waals surface area contributed by atoms with Gasteiger partial charge in [0.05, 0.1) is 0 Å². The number of hydrogen-bond donors (Lipinski definition) is 2. The molecule has 0 bridgehead atoms. The molecule has 96 valence electrons. The number of rotatable bonds is 5. The van der Waals surface area contributed by atoms with Gasteiger partial charge in [-0.2, -0.15) is 0 Å². The summed E-state index contributed by atoms with van der Waals surface area (Å²) in [6.45, 7) is 5.50. The second-order valence-corrected chi connectivity index (χ2v) is 6.54. The quantitative estimate of drug-likeness (QED) is 0.333. The normalized spacial score (nSPS) is 19.3. The summed E-state index contributed by atoms with van der Waals surface area (Å²) < 4.78 is 9.33. The Morgan fingerprint density at radius 1 is 1.44 bits per heavy atom. The van der Waals surface area contributed by atoms with Crippen molar-refractivity contribution in [1.29, 1.82) is 0 Å². The molecule has 16 heavy (non-hydrogen) atoms. The Balaban J connectivity index is 2.61. The molecular formula is C9H22N3O3P. The molecule has 0 aliphatic carbocycles. The molecule has 0 aromatic heterocycles. The summed E-state index contributed by atoms with van der Waals surface area (Å²) >= 11 is 0. The summed E-state index contributed by atoms with van der Waals surface area (Å²) in [6.07, 6.45) is 3.70. The Morgan fingerprint density at radius 3 is 2.44 bits per heavy atom. The third kappa shape index (κ3) is 3.96. The molecule has 0 aromatic carbocycles. The summed E-state index contributed by atoms with van der Waals surface area (Å²) in [7, 11) is -2.18. The van der Waals surface area contributed by atoms with E-state index in [4.69, 9.17) is 4.52 Å². The third-order valence-electron chi connectivity index (χ3n) is 2.35. The van der Waals surface area contributed by atoms with Crippen LogP contribution in [0, 0.1) is 0 Å². The van der Waals surface area contributed by atoms with Gasteiger partial charge in [0.1, 0.15) is 0 Å². The van der Waals surface area contributed by atoms with Crippen molar-refractivity contribution in [1.82, 2.24) is 9.73 Å². The maximum atomic E-state index is 10.1. The van der Waals surface area contributed by atoms with Crippen molar-refractivity contribution in [3.63, 3.8) is 0 Å². The number of hydroxylamine groups is 1. The molecule has 0 unspecified atom stereocenters. The summed E-state index contributed by atoms with van der Waals surface area (Å²) in [5.41, 5.74) is 0. The predicted octanol–water partition coefficient (Wildman–Crippen LogP) is 1.26. The van der Waals surface area contributed by atoms with Crippen LogP contribution in [-0.4, -0.2) is 52.4 Å². The average molecular weight is 251 g/mol. The Bertz CT molecular complexity index is 244. The van der Waals surface area contributed by atoms with Gasteiger partial charge < -0.3 is 0 Å². The molecule has 0 spiro atoms. The van der Waals surface area contributed by atoms with Gasteiger partial charge in [0, 0.05) is 0 Å². The summed E-state index contributed by atoms with van der Waals surface area (Å²) in [5.74, 6) is 0. The van der Waals surface area contributed by atoms with Crippen LogP contribution in [0.25, 0.3) is 0 Å². The molecule has 7 heteroatoms. The molecule has 0 atom stereocenters. The van der Waals surface area contributed by atoms with Crippen molar-refractivity contribution in [2.24, 2.45) is 4.76 Å². The van der Waals surface area contributed by atoms with Crippen LogP contribution >= 0.6 is 8.02 Å². The zero-order valence-electron chi connectivity index (χ0n) is 10.1. The van der Waals surface area contributed by atoms with Crippen molar-refractivity contribution in [2.45, 2.75) is 32.8 Å². The maximum absolute atomic E-state index is 10.1. The van der Waals surface area contributed by atoms with E-state index in [0.29, 0.717) is 4.83 Å². The molecule has 1 saturated heterocycles. The van der Waals surface area contributed by atoms with E-state index in [-0.39, 0.29) is 6.10 Å². The Kier molecular flexibility index (Phi) is 5.08. The Labute approximate surface area is 97.1 Å². The molecule has 2 N–H and O–H groups in total. The molecular weight excluding hydrogens is 229 g/mol. The molecule has 1 aliphatic heterocycles. The molecule has 1 heterocycles. The zero-order valence-corrected chi connectivity index (χ0v) is 11.1. The van der Waals surface area contributed by atoms with Crippen molar-refractivity contribution < 1.29 is 14.6 Å². The van der Waals surface area contributed by atoms with Crippen molar-refractivity contribution in [3.05, 3.63) is 0 Å². The Morgan fingerprint density at radius 2 is 2.00 bits per heavy atom. The number of likely N-dealkylation sites (tertiary alicyclic amines) is 1. The topological polar surface area (TPSA) is 68.5 Å². The van der Waals surface area contributed by atoms with E-state index < -0.39 is 8.02 Å². The fraction of sp³-hybridized carbons (Fsp3) is 0.889. The van der Waals surface area contributed by atoms with Gasteiger partial charge in [0.25, 0.3) is 0 Å². The van der Waals surface area contributed by atoms with Crippen LogP contribution in [0.4, 0.5) is 0 Å². The van der Waals surface area contributed by atoms with Gasteiger partial charge in [-0.1, -0.05) is 0 Å². The van der Waals surface area contributed by atoms with Crippen LogP contribution in [0.15, 0.2) is 4.76 Å². The van der Waals surface area contributed by atoms with E-state index >= 15 is 0 Å². The van der Waals surface area contributed by atoms with Crippen molar-refractivity contribution >= 4 is 14.4 Å². The van der Waals surface area contributed by atoms with Crippen LogP contribution in [0.1, 0.15) is 26.7 Å². The average Bonchev–Trinajstić information content (AvgIpc) is 2.65. The standard InChI is InChI=1S/C9H22N3O3P/c1-9(2)15-16(14,11(3)13)10-8-12-6-4-5-7-12/h8-9,13-14,16H,4-7H2,1-3H3. The minimum atomic E-state index is -3.54. The predicted molar refractivity (Wildman–Crippen MR) is 65.6 cm³/mol. The van der Waals surface area contributed by atoms with Crippen LogP contribution in [0.5, 0.6) is 0 Å². The van der Waals surface area contributed by atoms with E-state index in [9.17, 15) is 10.1 Å². The molecule has 0 radical (unpaired) electrons. The van der Waals surface area contributed by atoms with Crippen LogP contribution in [0.2, 0.25) is 0 Å². The molecule has 0 aromatic rings. The first-order chi connectivity index (χ1) is 7.44. The van der Waals surface area contributed by atoms with Crippen LogP contribution in [-0.2, 0) is 4.52 Å². The fourth-order valence-corrected chi connectivity index (χ4v) is 2.85. The fourth-order valence-electron chi connectivity index (χ4n) is 1.52. The summed E-state index contributed by atoms with van der Waals surface area (Å²) in [6, 6.07) is 0. The SMILES string of the molecule is CC(C)O[PH](O)(N=CN1CCCC1)N(C)O. The van der Waals surface area contributed by atoms with Gasteiger partial charge in [-0.15, -0.1) is 0 Å². The van der Waals surface area contributed by atoms with Crippen molar-refractivity contribution in [2.75, 3.05) is 20.1 Å². The molecule has 1 aliphatic rings. The van der Waals surface area contributed by atoms with E-state index in [0.717, 1.165) is 25.9 Å². The molecule has 0 saturated carbocycles. The van der Waals surface area contributed by atoms with E-state index in [1.54, 1.807) is 20.2 Å². The number of nitrogens with zero attached hydrogens (tertiary/aromatic N) is 3. The first-order valence-corrected chi connectivity index (χ1v) is 7.31. The van der Waals surface area contributed by atoms with Gasteiger partial charge in [-0.25, -0.2) is 0 Å². The molecule has 1 fully saturated rings. The van der Waals surface area contributed by atoms with Crippen molar-refractivity contribution in [3.8, 4) is 0 Å². The van der Waals surface area contributed by atoms with Gasteiger partial charge in [-0.3, -0.25) is 0 Å². The first-order valence-electron chi connectivity index (χ1n) is 5.56. The third-order valence-corrected chi connectivity index (χ3v) is 4.43. The molecule has 6 nitrogen and oxygen atoms in total. The van der Waals surface area contributed by atoms with E-state index in [1.807, 2.05) is 4.90 Å². The second kappa shape index (κ2) is 5.89. The molecule has 1 rings (SSSR count). The van der Waals surface area contributed by atoms with Crippen LogP contribution < -0.4 is 0 Å². The van der Waals surface area contributed by atoms with Gasteiger partial charge >= 0.3 is 96.4 Å². The zero-order chi connectivity index (χ0) is 12.2. The Hall–Kier alpha value is -0.260. The number of hydrogen-bond acceptors (Lipinski definition) is 5. The van der Waals surface area contributed by atoms with Crippen LogP contribution in [0.3, 0.4) is 0 Å². The van der Waals surface area contributed by atoms with Gasteiger partial charge in [0.2, 0.25) is 0 Å². The molecule has 0 amide bonds. The summed E-state index contributed by atoms with van der Waals surface area (Å²) in [4.78, 5) is 12.8. The minimum absolute atomic E-state index is 0.179. The first kappa shape index (κ1) is 13.8.